The predicted octanol–water partition coefficient (Wildman–Crippen LogP) is 1.88. The van der Waals surface area contributed by atoms with Crippen LogP contribution < -0.4 is 11.1 Å². The van der Waals surface area contributed by atoms with Crippen molar-refractivity contribution in [3.63, 3.8) is 0 Å². The lowest BCUT2D eigenvalue weighted by atomic mass is 9.98. The van der Waals surface area contributed by atoms with E-state index in [0.29, 0.717) is 6.42 Å². The van der Waals surface area contributed by atoms with Crippen LogP contribution in [-0.2, 0) is 11.2 Å². The monoisotopic (exact) mass is 318 g/mol. The summed E-state index contributed by atoms with van der Waals surface area (Å²) in [6.45, 7) is 0.0879. The van der Waals surface area contributed by atoms with Crippen LogP contribution in [-0.4, -0.2) is 22.4 Å². The maximum Gasteiger partial charge on any atom is 0.311 e. The number of carbonyl (C=O) groups excluding carboxylic acids is 1. The van der Waals surface area contributed by atoms with E-state index in [2.05, 4.69) is 10.3 Å². The summed E-state index contributed by atoms with van der Waals surface area (Å²) in [6, 6.07) is 8.49. The third-order valence-corrected chi connectivity index (χ3v) is 3.30. The number of rotatable bonds is 7. The van der Waals surface area contributed by atoms with Crippen LogP contribution in [0.5, 0.6) is 0 Å². The molecule has 7 nitrogen and oxygen atoms in total. The van der Waals surface area contributed by atoms with Gasteiger partial charge in [-0.15, -0.1) is 0 Å². The van der Waals surface area contributed by atoms with Gasteiger partial charge in [-0.1, -0.05) is 12.1 Å². The number of nitrogens with zero attached hydrogens (tertiary/aromatic N) is 2. The first kappa shape index (κ1) is 16.3. The number of carbonyl (C=O) groups is 1. The number of anilines is 1. The zero-order chi connectivity index (χ0) is 16.8. The van der Waals surface area contributed by atoms with Gasteiger partial charge >= 0.3 is 5.69 Å². The smallest absolute Gasteiger partial charge is 0.311 e. The molecule has 0 unspecified atom stereocenters. The van der Waals surface area contributed by atoms with Crippen LogP contribution in [0.15, 0.2) is 42.6 Å². The molecule has 0 radical (unpaired) electrons. The van der Waals surface area contributed by atoms with Crippen molar-refractivity contribution in [2.75, 3.05) is 11.9 Å². The van der Waals surface area contributed by atoms with Crippen LogP contribution in [0.4, 0.5) is 15.9 Å². The zero-order valence-electron chi connectivity index (χ0n) is 12.1. The lowest BCUT2D eigenvalue weighted by Crippen LogP contribution is -2.31. The average Bonchev–Trinajstić information content (AvgIpc) is 2.53. The summed E-state index contributed by atoms with van der Waals surface area (Å²) in [4.78, 5) is 25.8. The summed E-state index contributed by atoms with van der Waals surface area (Å²) in [6.07, 6.45) is 1.71. The number of pyridine rings is 1. The van der Waals surface area contributed by atoms with Crippen LogP contribution >= 0.6 is 0 Å². The normalized spacial score (nSPS) is 11.7. The van der Waals surface area contributed by atoms with E-state index in [1.807, 2.05) is 0 Å². The number of nitrogens with two attached hydrogens (primary N) is 1. The molecule has 0 saturated heterocycles. The van der Waals surface area contributed by atoms with E-state index in [9.17, 15) is 19.3 Å². The third kappa shape index (κ3) is 4.47. The first-order valence-corrected chi connectivity index (χ1v) is 6.84. The number of nitrogens with one attached hydrogen (secondary N) is 1. The van der Waals surface area contributed by atoms with Crippen LogP contribution in [0.2, 0.25) is 0 Å². The summed E-state index contributed by atoms with van der Waals surface area (Å²) in [5, 5.41) is 13.7. The first-order valence-electron chi connectivity index (χ1n) is 6.84. The standard InChI is InChI=1S/C15H15FN4O3/c16-12-5-3-10(4-6-12)8-11(14(17)21)9-19-15-13(20(22)23)2-1-7-18-15/h1-7,11H,8-9H2,(H2,17,21)(H,18,19)/t11-/m1/s1. The number of nitro groups is 1. The molecule has 3 N–H and O–H groups in total. The molecular weight excluding hydrogens is 303 g/mol. The Labute approximate surface area is 131 Å². The molecule has 0 saturated carbocycles. The second kappa shape index (κ2) is 7.30. The fraction of sp³-hybridized carbons (Fsp3) is 0.200. The molecule has 120 valence electrons. The van der Waals surface area contributed by atoms with Crippen LogP contribution in [0.1, 0.15) is 5.56 Å². The molecule has 0 spiro atoms. The number of hydrogen-bond donors (Lipinski definition) is 2. The van der Waals surface area contributed by atoms with Gasteiger partial charge in [0.1, 0.15) is 5.82 Å². The fourth-order valence-corrected chi connectivity index (χ4v) is 2.08. The van der Waals surface area contributed by atoms with Crippen molar-refractivity contribution in [3.05, 3.63) is 64.1 Å². The van der Waals surface area contributed by atoms with Crippen LogP contribution in [0.25, 0.3) is 0 Å². The van der Waals surface area contributed by atoms with Crippen molar-refractivity contribution in [2.24, 2.45) is 11.7 Å². The molecule has 0 aliphatic heterocycles. The minimum Gasteiger partial charge on any atom is -0.369 e. The Bertz CT molecular complexity index is 706. The molecule has 1 aromatic heterocycles. The molecule has 0 bridgehead atoms. The van der Waals surface area contributed by atoms with Crippen molar-refractivity contribution < 1.29 is 14.1 Å². The SMILES string of the molecule is NC(=O)[C@@H](CNc1ncccc1[N+](=O)[O-])Cc1ccc(F)cc1. The third-order valence-electron chi connectivity index (χ3n) is 3.30. The van der Waals surface area contributed by atoms with Crippen molar-refractivity contribution in [1.29, 1.82) is 0 Å². The van der Waals surface area contributed by atoms with E-state index in [0.717, 1.165) is 5.56 Å². The molecule has 0 fully saturated rings. The van der Waals surface area contributed by atoms with Crippen molar-refractivity contribution in [3.8, 4) is 0 Å². The summed E-state index contributed by atoms with van der Waals surface area (Å²) in [5.41, 5.74) is 5.93. The van der Waals surface area contributed by atoms with E-state index >= 15 is 0 Å². The van der Waals surface area contributed by atoms with Gasteiger partial charge in [-0.25, -0.2) is 9.37 Å². The highest BCUT2D eigenvalue weighted by atomic mass is 19.1. The molecule has 1 amide bonds. The number of hydrogen-bond acceptors (Lipinski definition) is 5. The van der Waals surface area contributed by atoms with Gasteiger partial charge in [0.25, 0.3) is 0 Å². The Morgan fingerprint density at radius 1 is 1.35 bits per heavy atom. The number of primary amides is 1. The highest BCUT2D eigenvalue weighted by Gasteiger charge is 2.19. The van der Waals surface area contributed by atoms with Gasteiger partial charge in [-0.3, -0.25) is 14.9 Å². The van der Waals surface area contributed by atoms with Gasteiger partial charge in [-0.05, 0) is 30.2 Å². The highest BCUT2D eigenvalue weighted by Crippen LogP contribution is 2.21. The van der Waals surface area contributed by atoms with Crippen molar-refractivity contribution >= 4 is 17.4 Å². The van der Waals surface area contributed by atoms with E-state index in [-0.39, 0.29) is 23.9 Å². The van der Waals surface area contributed by atoms with Gasteiger partial charge in [0.05, 0.1) is 10.8 Å². The largest absolute Gasteiger partial charge is 0.369 e. The molecule has 1 aromatic carbocycles. The summed E-state index contributed by atoms with van der Waals surface area (Å²) in [7, 11) is 0. The second-order valence-electron chi connectivity index (χ2n) is 4.94. The lowest BCUT2D eigenvalue weighted by molar-refractivity contribution is -0.384. The Morgan fingerprint density at radius 2 is 2.04 bits per heavy atom. The van der Waals surface area contributed by atoms with Crippen LogP contribution in [0, 0.1) is 21.8 Å². The molecule has 2 aromatic rings. The minimum atomic E-state index is -0.609. The summed E-state index contributed by atoms with van der Waals surface area (Å²) in [5.74, 6) is -1.46. The Hall–Kier alpha value is -3.03. The Balaban J connectivity index is 2.07. The number of benzene rings is 1. The topological polar surface area (TPSA) is 111 Å². The molecule has 0 aliphatic carbocycles. The number of amides is 1. The molecule has 8 heteroatoms. The average molecular weight is 318 g/mol. The van der Waals surface area contributed by atoms with Gasteiger partial charge in [0, 0.05) is 18.8 Å². The Kier molecular flexibility index (Phi) is 5.19. The minimum absolute atomic E-state index is 0.0721. The van der Waals surface area contributed by atoms with Gasteiger partial charge in [0.15, 0.2) is 0 Å². The Morgan fingerprint density at radius 3 is 2.65 bits per heavy atom. The highest BCUT2D eigenvalue weighted by molar-refractivity contribution is 5.77. The first-order chi connectivity index (χ1) is 11.0. The van der Waals surface area contributed by atoms with Gasteiger partial charge in [0.2, 0.25) is 11.7 Å². The van der Waals surface area contributed by atoms with Crippen LogP contribution in [0.3, 0.4) is 0 Å². The maximum absolute atomic E-state index is 12.9. The molecule has 23 heavy (non-hydrogen) atoms. The molecule has 1 atom stereocenters. The van der Waals surface area contributed by atoms with Crippen molar-refractivity contribution in [1.82, 2.24) is 4.98 Å². The van der Waals surface area contributed by atoms with E-state index in [1.165, 1.54) is 30.5 Å². The molecule has 0 aliphatic rings. The van der Waals surface area contributed by atoms with E-state index < -0.39 is 16.7 Å². The van der Waals surface area contributed by atoms with Gasteiger partial charge < -0.3 is 11.1 Å². The lowest BCUT2D eigenvalue weighted by Gasteiger charge is -2.14. The molecule has 1 heterocycles. The van der Waals surface area contributed by atoms with Gasteiger partial charge in [-0.2, -0.15) is 0 Å². The number of aromatic nitrogens is 1. The predicted molar refractivity (Wildman–Crippen MR) is 82.2 cm³/mol. The molecular formula is C15H15FN4O3. The second-order valence-corrected chi connectivity index (χ2v) is 4.94. The van der Waals surface area contributed by atoms with Crippen molar-refractivity contribution in [2.45, 2.75) is 6.42 Å². The summed E-state index contributed by atoms with van der Waals surface area (Å²) < 4.78 is 12.9. The maximum atomic E-state index is 12.9. The quantitative estimate of drug-likeness (QED) is 0.598. The van der Waals surface area contributed by atoms with E-state index in [4.69, 9.17) is 5.73 Å². The van der Waals surface area contributed by atoms with E-state index in [1.54, 1.807) is 12.1 Å². The summed E-state index contributed by atoms with van der Waals surface area (Å²) >= 11 is 0. The molecule has 2 rings (SSSR count). The zero-order valence-corrected chi connectivity index (χ0v) is 12.1. The number of halogens is 1. The fourth-order valence-electron chi connectivity index (χ4n) is 2.08.